The first kappa shape index (κ1) is 11.3. The molecule has 0 saturated carbocycles. The molecule has 1 aromatic heterocycles. The van der Waals surface area contributed by atoms with Crippen molar-refractivity contribution >= 4 is 28.7 Å². The Hall–Kier alpha value is -2.54. The van der Waals surface area contributed by atoms with Gasteiger partial charge in [-0.1, -0.05) is 60.7 Å². The number of fused-ring (bicyclic) bond motifs is 3. The van der Waals surface area contributed by atoms with Crippen molar-refractivity contribution in [3.63, 3.8) is 0 Å². The Bertz CT molecular complexity index is 819. The van der Waals surface area contributed by atoms with Crippen LogP contribution in [0.2, 0.25) is 0 Å². The minimum Gasteiger partial charge on any atom is -0.456 e. The molecule has 0 fully saturated rings. The Labute approximate surface area is 117 Å². The highest BCUT2D eigenvalue weighted by Gasteiger charge is 2.18. The van der Waals surface area contributed by atoms with Crippen molar-refractivity contribution in [3.8, 4) is 0 Å². The molecule has 1 nitrogen and oxygen atoms in total. The van der Waals surface area contributed by atoms with Crippen LogP contribution in [0, 0.1) is 0 Å². The Morgan fingerprint density at radius 3 is 2.60 bits per heavy atom. The van der Waals surface area contributed by atoms with Crippen LogP contribution in [-0.4, -0.2) is 0 Å². The third-order valence-corrected chi connectivity index (χ3v) is 3.69. The van der Waals surface area contributed by atoms with E-state index in [2.05, 4.69) is 54.6 Å². The lowest BCUT2D eigenvalue weighted by Gasteiger charge is -2.09. The fourth-order valence-corrected chi connectivity index (χ4v) is 2.79. The van der Waals surface area contributed by atoms with E-state index in [1.54, 1.807) is 0 Å². The molecule has 0 amide bonds. The summed E-state index contributed by atoms with van der Waals surface area (Å²) in [6, 6.07) is 18.7. The van der Waals surface area contributed by atoms with E-state index < -0.39 is 0 Å². The highest BCUT2D eigenvalue weighted by molar-refractivity contribution is 6.00. The molecule has 1 aliphatic rings. The summed E-state index contributed by atoms with van der Waals surface area (Å²) >= 11 is 0. The first-order valence-corrected chi connectivity index (χ1v) is 6.86. The Morgan fingerprint density at radius 2 is 1.70 bits per heavy atom. The number of benzene rings is 2. The molecule has 0 unspecified atom stereocenters. The molecule has 1 heteroatoms. The lowest BCUT2D eigenvalue weighted by molar-refractivity contribution is 0.602. The minimum atomic E-state index is 0.950. The van der Waals surface area contributed by atoms with Gasteiger partial charge in [0.1, 0.15) is 11.3 Å². The van der Waals surface area contributed by atoms with Gasteiger partial charge in [0.15, 0.2) is 0 Å². The molecule has 0 spiro atoms. The fourth-order valence-electron chi connectivity index (χ4n) is 2.79. The largest absolute Gasteiger partial charge is 0.456 e. The van der Waals surface area contributed by atoms with Crippen molar-refractivity contribution in [2.75, 3.05) is 0 Å². The van der Waals surface area contributed by atoms with Crippen LogP contribution in [0.5, 0.6) is 0 Å². The van der Waals surface area contributed by atoms with E-state index in [9.17, 15) is 0 Å². The van der Waals surface area contributed by atoms with Crippen molar-refractivity contribution in [1.82, 2.24) is 0 Å². The maximum atomic E-state index is 5.93. The van der Waals surface area contributed by atoms with E-state index in [1.807, 2.05) is 18.2 Å². The summed E-state index contributed by atoms with van der Waals surface area (Å²) in [5, 5.41) is 1.20. The highest BCUT2D eigenvalue weighted by Crippen LogP contribution is 2.38. The Morgan fingerprint density at radius 1 is 0.900 bits per heavy atom. The number of furan rings is 1. The van der Waals surface area contributed by atoms with Crippen LogP contribution in [-0.2, 0) is 0 Å². The van der Waals surface area contributed by atoms with E-state index >= 15 is 0 Å². The molecule has 3 aromatic rings. The second-order valence-electron chi connectivity index (χ2n) is 5.02. The Balaban J connectivity index is 1.94. The summed E-state index contributed by atoms with van der Waals surface area (Å²) in [7, 11) is 0. The predicted octanol–water partition coefficient (Wildman–Crippen LogP) is 5.39. The zero-order chi connectivity index (χ0) is 13.4. The number of para-hydroxylation sites is 1. The van der Waals surface area contributed by atoms with E-state index in [0.717, 1.165) is 17.8 Å². The molecule has 0 aliphatic heterocycles. The van der Waals surface area contributed by atoms with Gasteiger partial charge in [-0.3, -0.25) is 0 Å². The quantitative estimate of drug-likeness (QED) is 0.570. The van der Waals surface area contributed by atoms with Crippen LogP contribution in [0.1, 0.15) is 23.3 Å². The summed E-state index contributed by atoms with van der Waals surface area (Å²) in [5.41, 5.74) is 4.75. The molecule has 0 atom stereocenters. The predicted molar refractivity (Wildman–Crippen MR) is 84.2 cm³/mol. The lowest BCUT2D eigenvalue weighted by Crippen LogP contribution is -1.90. The second kappa shape index (κ2) is 4.53. The van der Waals surface area contributed by atoms with E-state index in [4.69, 9.17) is 4.42 Å². The summed E-state index contributed by atoms with van der Waals surface area (Å²) in [5.74, 6) is 0.972. The lowest BCUT2D eigenvalue weighted by atomic mass is 9.93. The van der Waals surface area contributed by atoms with Gasteiger partial charge >= 0.3 is 0 Å². The highest BCUT2D eigenvalue weighted by atomic mass is 16.3. The van der Waals surface area contributed by atoms with E-state index in [-0.39, 0.29) is 0 Å². The third-order valence-electron chi connectivity index (χ3n) is 3.69. The molecule has 96 valence electrons. The SMILES string of the molecule is C1=Cc2oc3ccccc3c2C(=Cc2ccccc2)C1. The average Bonchev–Trinajstić information content (AvgIpc) is 2.88. The summed E-state index contributed by atoms with van der Waals surface area (Å²) in [6.07, 6.45) is 7.45. The smallest absolute Gasteiger partial charge is 0.135 e. The number of rotatable bonds is 1. The molecule has 1 aliphatic carbocycles. The first-order chi connectivity index (χ1) is 9.92. The summed E-state index contributed by atoms with van der Waals surface area (Å²) in [6.45, 7) is 0. The van der Waals surface area contributed by atoms with Gasteiger partial charge in [0.2, 0.25) is 0 Å². The zero-order valence-corrected chi connectivity index (χ0v) is 11.0. The van der Waals surface area contributed by atoms with E-state index in [1.165, 1.54) is 22.1 Å². The average molecular weight is 258 g/mol. The van der Waals surface area contributed by atoms with Crippen molar-refractivity contribution in [3.05, 3.63) is 77.6 Å². The molecule has 0 saturated heterocycles. The third kappa shape index (κ3) is 1.79. The zero-order valence-electron chi connectivity index (χ0n) is 11.0. The van der Waals surface area contributed by atoms with Crippen molar-refractivity contribution < 1.29 is 4.42 Å². The van der Waals surface area contributed by atoms with Gasteiger partial charge in [0.05, 0.1) is 0 Å². The molecular formula is C19H14O. The normalized spacial score (nSPS) is 15.7. The standard InChI is InChI=1S/C19H14O/c1-2-7-14(8-3-1)13-15-9-6-12-18-19(15)16-10-4-5-11-17(16)20-18/h1-8,10-13H,9H2. The molecule has 0 radical (unpaired) electrons. The number of hydrogen-bond acceptors (Lipinski definition) is 1. The van der Waals surface area contributed by atoms with Gasteiger partial charge in [-0.15, -0.1) is 0 Å². The molecular weight excluding hydrogens is 244 g/mol. The van der Waals surface area contributed by atoms with Crippen LogP contribution in [0.4, 0.5) is 0 Å². The minimum absolute atomic E-state index is 0.950. The van der Waals surface area contributed by atoms with Crippen molar-refractivity contribution in [2.45, 2.75) is 6.42 Å². The second-order valence-corrected chi connectivity index (χ2v) is 5.02. The maximum Gasteiger partial charge on any atom is 0.135 e. The topological polar surface area (TPSA) is 13.1 Å². The Kier molecular flexibility index (Phi) is 2.56. The van der Waals surface area contributed by atoms with Crippen molar-refractivity contribution in [2.24, 2.45) is 0 Å². The maximum absolute atomic E-state index is 5.93. The molecule has 0 N–H and O–H groups in total. The van der Waals surface area contributed by atoms with Crippen LogP contribution >= 0.6 is 0 Å². The van der Waals surface area contributed by atoms with Gasteiger partial charge in [-0.25, -0.2) is 0 Å². The summed E-state index contributed by atoms with van der Waals surface area (Å²) < 4.78 is 5.93. The van der Waals surface area contributed by atoms with Crippen LogP contribution in [0.3, 0.4) is 0 Å². The van der Waals surface area contributed by atoms with Gasteiger partial charge in [0.25, 0.3) is 0 Å². The molecule has 20 heavy (non-hydrogen) atoms. The molecule has 0 bridgehead atoms. The summed E-state index contributed by atoms with van der Waals surface area (Å²) in [4.78, 5) is 0. The number of hydrogen-bond donors (Lipinski definition) is 0. The van der Waals surface area contributed by atoms with Crippen LogP contribution in [0.25, 0.3) is 28.7 Å². The van der Waals surface area contributed by atoms with Gasteiger partial charge in [-0.2, -0.15) is 0 Å². The van der Waals surface area contributed by atoms with Crippen molar-refractivity contribution in [1.29, 1.82) is 0 Å². The van der Waals surface area contributed by atoms with Gasteiger partial charge in [0, 0.05) is 10.9 Å². The van der Waals surface area contributed by atoms with Gasteiger partial charge < -0.3 is 4.42 Å². The van der Waals surface area contributed by atoms with Gasteiger partial charge in [-0.05, 0) is 29.7 Å². The fraction of sp³-hybridized carbons (Fsp3) is 0.0526. The first-order valence-electron chi connectivity index (χ1n) is 6.86. The molecule has 1 heterocycles. The van der Waals surface area contributed by atoms with Crippen LogP contribution < -0.4 is 0 Å². The molecule has 4 rings (SSSR count). The molecule has 2 aromatic carbocycles. The van der Waals surface area contributed by atoms with E-state index in [0.29, 0.717) is 0 Å². The van der Waals surface area contributed by atoms with Crippen LogP contribution in [0.15, 0.2) is 65.1 Å². The monoisotopic (exact) mass is 258 g/mol. The number of allylic oxidation sites excluding steroid dienone is 2.